The fourth-order valence-electron chi connectivity index (χ4n) is 3.87. The summed E-state index contributed by atoms with van der Waals surface area (Å²) in [5, 5.41) is 0. The number of ether oxygens (including phenoxy) is 1. The number of hydrogen-bond acceptors (Lipinski definition) is 3. The van der Waals surface area contributed by atoms with Gasteiger partial charge in [-0.1, -0.05) is 29.8 Å². The second kappa shape index (κ2) is 6.62. The van der Waals surface area contributed by atoms with Crippen LogP contribution >= 0.6 is 0 Å². The Balaban J connectivity index is 1.71. The van der Waals surface area contributed by atoms with E-state index in [-0.39, 0.29) is 17.6 Å². The van der Waals surface area contributed by atoms with Gasteiger partial charge in [0.2, 0.25) is 5.91 Å². The van der Waals surface area contributed by atoms with E-state index < -0.39 is 0 Å². The van der Waals surface area contributed by atoms with Crippen LogP contribution < -0.4 is 0 Å². The molecule has 4 heteroatoms. The van der Waals surface area contributed by atoms with E-state index in [9.17, 15) is 4.79 Å². The van der Waals surface area contributed by atoms with Crippen molar-refractivity contribution in [3.63, 3.8) is 0 Å². The summed E-state index contributed by atoms with van der Waals surface area (Å²) < 4.78 is 5.97. The number of likely N-dealkylation sites (N-methyl/N-ethyl adjacent to an activating group) is 1. The fraction of sp³-hybridized carbons (Fsp3) is 0.632. The zero-order chi connectivity index (χ0) is 16.4. The Morgan fingerprint density at radius 1 is 1.17 bits per heavy atom. The van der Waals surface area contributed by atoms with Crippen molar-refractivity contribution in [1.82, 2.24) is 9.80 Å². The first-order valence-electron chi connectivity index (χ1n) is 8.66. The maximum atomic E-state index is 13.1. The molecule has 0 N–H and O–H groups in total. The molecule has 0 saturated carbocycles. The third-order valence-electron chi connectivity index (χ3n) is 5.31. The van der Waals surface area contributed by atoms with Gasteiger partial charge in [0.25, 0.3) is 0 Å². The number of rotatable bonds is 3. The largest absolute Gasteiger partial charge is 0.375 e. The van der Waals surface area contributed by atoms with Gasteiger partial charge in [-0.2, -0.15) is 0 Å². The van der Waals surface area contributed by atoms with Crippen LogP contribution in [0.5, 0.6) is 0 Å². The second-order valence-corrected chi connectivity index (χ2v) is 7.24. The maximum absolute atomic E-state index is 13.1. The highest BCUT2D eigenvalue weighted by molar-refractivity contribution is 5.83. The summed E-state index contributed by atoms with van der Waals surface area (Å²) in [6, 6.07) is 8.11. The van der Waals surface area contributed by atoms with Crippen LogP contribution in [0.4, 0.5) is 0 Å². The number of benzene rings is 1. The first-order valence-corrected chi connectivity index (χ1v) is 8.66. The third kappa shape index (κ3) is 3.43. The van der Waals surface area contributed by atoms with Gasteiger partial charge >= 0.3 is 0 Å². The molecule has 4 nitrogen and oxygen atoms in total. The van der Waals surface area contributed by atoms with Gasteiger partial charge in [-0.3, -0.25) is 9.69 Å². The zero-order valence-corrected chi connectivity index (χ0v) is 14.5. The van der Waals surface area contributed by atoms with Gasteiger partial charge in [0.1, 0.15) is 6.04 Å². The summed E-state index contributed by atoms with van der Waals surface area (Å²) in [5.74, 6) is 0.215. The molecule has 3 rings (SSSR count). The van der Waals surface area contributed by atoms with Gasteiger partial charge in [0.05, 0.1) is 5.60 Å². The zero-order valence-electron chi connectivity index (χ0n) is 14.5. The average molecular weight is 316 g/mol. The minimum atomic E-state index is -0.200. The first-order chi connectivity index (χ1) is 11.0. The Morgan fingerprint density at radius 3 is 2.35 bits per heavy atom. The minimum absolute atomic E-state index is 0.0637. The summed E-state index contributed by atoms with van der Waals surface area (Å²) in [4.78, 5) is 17.1. The molecular weight excluding hydrogens is 288 g/mol. The van der Waals surface area contributed by atoms with E-state index in [4.69, 9.17) is 4.74 Å². The van der Waals surface area contributed by atoms with Crippen molar-refractivity contribution < 1.29 is 9.53 Å². The first kappa shape index (κ1) is 16.5. The van der Waals surface area contributed by atoms with Crippen LogP contribution in [0.25, 0.3) is 0 Å². The molecule has 2 aliphatic rings. The molecule has 1 aromatic rings. The number of amides is 1. The number of likely N-dealkylation sites (tertiary alicyclic amines) is 1. The molecule has 0 radical (unpaired) electrons. The number of piperidine rings is 1. The lowest BCUT2D eigenvalue weighted by atomic mass is 9.88. The molecule has 2 aliphatic heterocycles. The molecule has 126 valence electrons. The molecule has 1 aromatic carbocycles. The van der Waals surface area contributed by atoms with E-state index in [1.165, 1.54) is 5.56 Å². The van der Waals surface area contributed by atoms with Crippen LogP contribution in [0.15, 0.2) is 24.3 Å². The monoisotopic (exact) mass is 316 g/mol. The summed E-state index contributed by atoms with van der Waals surface area (Å²) >= 11 is 0. The van der Waals surface area contributed by atoms with Crippen molar-refractivity contribution in [2.24, 2.45) is 0 Å². The summed E-state index contributed by atoms with van der Waals surface area (Å²) in [6.45, 7) is 4.59. The fourth-order valence-corrected chi connectivity index (χ4v) is 3.87. The normalized spacial score (nSPS) is 21.8. The SMILES string of the molecule is Cc1ccc([C@@H](C(=O)N2CCC3(CCCO3)CC2)N(C)C)cc1. The van der Waals surface area contributed by atoms with Crippen molar-refractivity contribution in [2.75, 3.05) is 33.8 Å². The van der Waals surface area contributed by atoms with E-state index >= 15 is 0 Å². The summed E-state index contributed by atoms with van der Waals surface area (Å²) in [5.41, 5.74) is 2.36. The topological polar surface area (TPSA) is 32.8 Å². The molecule has 1 amide bonds. The predicted molar refractivity (Wildman–Crippen MR) is 91.3 cm³/mol. The Labute approximate surface area is 139 Å². The van der Waals surface area contributed by atoms with Gasteiger partial charge < -0.3 is 9.64 Å². The molecule has 2 saturated heterocycles. The molecule has 0 aliphatic carbocycles. The molecule has 0 bridgehead atoms. The van der Waals surface area contributed by atoms with Gasteiger partial charge in [0, 0.05) is 19.7 Å². The van der Waals surface area contributed by atoms with Gasteiger partial charge in [-0.25, -0.2) is 0 Å². The number of nitrogens with zero attached hydrogens (tertiary/aromatic N) is 2. The van der Waals surface area contributed by atoms with E-state index in [0.29, 0.717) is 0 Å². The van der Waals surface area contributed by atoms with E-state index in [0.717, 1.165) is 50.9 Å². The Bertz CT molecular complexity index is 537. The highest BCUT2D eigenvalue weighted by Crippen LogP contribution is 2.36. The van der Waals surface area contributed by atoms with Crippen molar-refractivity contribution in [3.05, 3.63) is 35.4 Å². The van der Waals surface area contributed by atoms with Crippen LogP contribution in [0, 0.1) is 6.92 Å². The standard InChI is InChI=1S/C19H28N2O2/c1-15-5-7-16(8-6-15)17(20(2)3)18(22)21-12-10-19(11-13-21)9-4-14-23-19/h5-8,17H,4,9-14H2,1-3H3/t17-/m0/s1. The predicted octanol–water partition coefficient (Wildman–Crippen LogP) is 2.77. The lowest BCUT2D eigenvalue weighted by molar-refractivity contribution is -0.141. The number of carbonyl (C=O) groups is 1. The minimum Gasteiger partial charge on any atom is -0.375 e. The van der Waals surface area contributed by atoms with Crippen LogP contribution in [-0.2, 0) is 9.53 Å². The summed E-state index contributed by atoms with van der Waals surface area (Å²) in [6.07, 6.45) is 4.28. The highest BCUT2D eigenvalue weighted by Gasteiger charge is 2.40. The number of carbonyl (C=O) groups excluding carboxylic acids is 1. The average Bonchev–Trinajstić information content (AvgIpc) is 2.98. The Kier molecular flexibility index (Phi) is 4.74. The van der Waals surface area contributed by atoms with Crippen molar-refractivity contribution in [1.29, 1.82) is 0 Å². The van der Waals surface area contributed by atoms with Gasteiger partial charge in [-0.15, -0.1) is 0 Å². The molecule has 0 unspecified atom stereocenters. The lowest BCUT2D eigenvalue weighted by Gasteiger charge is -2.40. The van der Waals surface area contributed by atoms with Crippen molar-refractivity contribution in [2.45, 2.75) is 44.2 Å². The molecule has 2 fully saturated rings. The lowest BCUT2D eigenvalue weighted by Crippen LogP contribution is -2.49. The molecule has 2 heterocycles. The number of hydrogen-bond donors (Lipinski definition) is 0. The van der Waals surface area contributed by atoms with Crippen molar-refractivity contribution >= 4 is 5.91 Å². The molecular formula is C19H28N2O2. The van der Waals surface area contributed by atoms with E-state index in [1.807, 2.05) is 23.9 Å². The quantitative estimate of drug-likeness (QED) is 0.859. The Morgan fingerprint density at radius 2 is 1.83 bits per heavy atom. The summed E-state index contributed by atoms with van der Waals surface area (Å²) in [7, 11) is 3.96. The molecule has 0 aromatic heterocycles. The van der Waals surface area contributed by atoms with E-state index in [2.05, 4.69) is 31.2 Å². The van der Waals surface area contributed by atoms with Crippen LogP contribution in [0.1, 0.15) is 42.9 Å². The van der Waals surface area contributed by atoms with Gasteiger partial charge in [-0.05, 0) is 52.3 Å². The maximum Gasteiger partial charge on any atom is 0.244 e. The smallest absolute Gasteiger partial charge is 0.244 e. The third-order valence-corrected chi connectivity index (χ3v) is 5.31. The van der Waals surface area contributed by atoms with Crippen LogP contribution in [-0.4, -0.2) is 55.1 Å². The Hall–Kier alpha value is -1.39. The van der Waals surface area contributed by atoms with Gasteiger partial charge in [0.15, 0.2) is 0 Å². The highest BCUT2D eigenvalue weighted by atomic mass is 16.5. The molecule has 1 atom stereocenters. The second-order valence-electron chi connectivity index (χ2n) is 7.24. The van der Waals surface area contributed by atoms with Crippen LogP contribution in [0.3, 0.4) is 0 Å². The number of aryl methyl sites for hydroxylation is 1. The van der Waals surface area contributed by atoms with Crippen LogP contribution in [0.2, 0.25) is 0 Å². The van der Waals surface area contributed by atoms with Crippen molar-refractivity contribution in [3.8, 4) is 0 Å². The molecule has 1 spiro atoms. The van der Waals surface area contributed by atoms with E-state index in [1.54, 1.807) is 0 Å². The molecule has 23 heavy (non-hydrogen) atoms.